The Morgan fingerprint density at radius 1 is 1.24 bits per heavy atom. The van der Waals surface area contributed by atoms with E-state index in [0.29, 0.717) is 35.1 Å². The van der Waals surface area contributed by atoms with Crippen molar-refractivity contribution < 1.29 is 23.1 Å². The van der Waals surface area contributed by atoms with E-state index in [1.54, 1.807) is 6.92 Å². The molecule has 0 radical (unpaired) electrons. The van der Waals surface area contributed by atoms with Gasteiger partial charge >= 0.3 is 6.18 Å². The van der Waals surface area contributed by atoms with Crippen molar-refractivity contribution in [2.45, 2.75) is 45.3 Å². The van der Waals surface area contributed by atoms with Gasteiger partial charge in [0.2, 0.25) is 5.54 Å². The molecule has 136 valence electrons. The van der Waals surface area contributed by atoms with Crippen molar-refractivity contribution in [1.82, 2.24) is 0 Å². The van der Waals surface area contributed by atoms with E-state index in [9.17, 15) is 23.6 Å². The van der Waals surface area contributed by atoms with Crippen LogP contribution in [-0.4, -0.2) is 27.4 Å². The molecular formula is C18H21F3N2O2. The highest BCUT2D eigenvalue weighted by molar-refractivity contribution is 5.94. The van der Waals surface area contributed by atoms with E-state index < -0.39 is 17.3 Å². The van der Waals surface area contributed by atoms with E-state index in [-0.39, 0.29) is 11.0 Å². The topological polar surface area (TPSA) is 58.7 Å². The molecule has 2 aliphatic carbocycles. The first-order valence-electron chi connectivity index (χ1n) is 8.21. The summed E-state index contributed by atoms with van der Waals surface area (Å²) in [6.07, 6.45) is -2.64. The van der Waals surface area contributed by atoms with Crippen LogP contribution in [0.3, 0.4) is 0 Å². The molecule has 1 N–H and O–H groups in total. The summed E-state index contributed by atoms with van der Waals surface area (Å²) < 4.78 is 40.0. The summed E-state index contributed by atoms with van der Waals surface area (Å²) in [5.41, 5.74) is -1.82. The van der Waals surface area contributed by atoms with E-state index in [1.165, 1.54) is 18.2 Å². The average Bonchev–Trinajstić information content (AvgIpc) is 3.05. The van der Waals surface area contributed by atoms with Crippen molar-refractivity contribution in [2.75, 3.05) is 0 Å². The Hall–Kier alpha value is -2.05. The monoisotopic (exact) mass is 354 g/mol. The lowest BCUT2D eigenvalue weighted by atomic mass is 9.81. The van der Waals surface area contributed by atoms with Gasteiger partial charge in [0.15, 0.2) is 6.21 Å². The molecule has 1 aromatic rings. The smallest absolute Gasteiger partial charge is 0.417 e. The molecule has 1 aromatic carbocycles. The van der Waals surface area contributed by atoms with Gasteiger partial charge in [-0.1, -0.05) is 31.1 Å². The zero-order valence-electron chi connectivity index (χ0n) is 14.3. The van der Waals surface area contributed by atoms with Gasteiger partial charge in [-0.25, -0.2) is 4.74 Å². The summed E-state index contributed by atoms with van der Waals surface area (Å²) >= 11 is 0. The Bertz CT molecular complexity index is 755. The van der Waals surface area contributed by atoms with Crippen molar-refractivity contribution in [3.8, 4) is 0 Å². The molecule has 4 nitrogen and oxygen atoms in total. The fourth-order valence-electron chi connectivity index (χ4n) is 4.14. The van der Waals surface area contributed by atoms with Crippen LogP contribution in [0.15, 0.2) is 29.4 Å². The quantitative estimate of drug-likeness (QED) is 0.283. The van der Waals surface area contributed by atoms with Crippen LogP contribution < -0.4 is 0 Å². The van der Waals surface area contributed by atoms with E-state index in [1.807, 2.05) is 0 Å². The lowest BCUT2D eigenvalue weighted by Crippen LogP contribution is -2.48. The second-order valence-electron chi connectivity index (χ2n) is 7.80. The first kappa shape index (κ1) is 17.8. The Morgan fingerprint density at radius 2 is 1.88 bits per heavy atom. The van der Waals surface area contributed by atoms with E-state index >= 15 is 0 Å². The molecule has 2 saturated carbocycles. The second-order valence-corrected chi connectivity index (χ2v) is 7.80. The number of alkyl halides is 3. The number of nitrogens with zero attached hydrogens (tertiary/aromatic N) is 2. The van der Waals surface area contributed by atoms with Crippen LogP contribution >= 0.6 is 0 Å². The van der Waals surface area contributed by atoms with Crippen molar-refractivity contribution in [3.05, 3.63) is 40.6 Å². The highest BCUT2D eigenvalue weighted by Gasteiger charge is 2.66. The largest absolute Gasteiger partial charge is 0.623 e. The SMILES string of the molecule is CC1(C)C2C/C(=N\O)C(C)(/[N+]([O-])=C\c3ccccc3C(F)(F)F)CC21. The minimum absolute atomic E-state index is 0.0540. The Morgan fingerprint density at radius 3 is 2.48 bits per heavy atom. The molecule has 3 atom stereocenters. The standard InChI is InChI=1S/C18H21F3N2O2/c1-16(2)13-8-15(22-24)17(3,9-14(13)16)23(25)10-11-6-4-5-7-12(11)18(19,20)21/h4-7,10,13-14,24H,8-9H2,1-3H3/b22-15+,23-10+. The van der Waals surface area contributed by atoms with Crippen LogP contribution in [0.25, 0.3) is 0 Å². The van der Waals surface area contributed by atoms with Gasteiger partial charge in [0.1, 0.15) is 5.71 Å². The molecule has 7 heteroatoms. The summed E-state index contributed by atoms with van der Waals surface area (Å²) in [5.74, 6) is 0.646. The predicted octanol–water partition coefficient (Wildman–Crippen LogP) is 4.29. The molecule has 0 amide bonds. The van der Waals surface area contributed by atoms with Gasteiger partial charge in [0.05, 0.1) is 11.1 Å². The van der Waals surface area contributed by atoms with E-state index in [2.05, 4.69) is 19.0 Å². The summed E-state index contributed by atoms with van der Waals surface area (Å²) in [4.78, 5) is 0. The molecular weight excluding hydrogens is 333 g/mol. The molecule has 0 bridgehead atoms. The number of oxime groups is 1. The zero-order chi connectivity index (χ0) is 18.6. The van der Waals surface area contributed by atoms with E-state index in [0.717, 1.165) is 12.3 Å². The maximum absolute atomic E-state index is 13.1. The van der Waals surface area contributed by atoms with Crippen LogP contribution in [0.4, 0.5) is 13.2 Å². The predicted molar refractivity (Wildman–Crippen MR) is 87.9 cm³/mol. The van der Waals surface area contributed by atoms with Crippen molar-refractivity contribution in [3.63, 3.8) is 0 Å². The zero-order valence-corrected chi connectivity index (χ0v) is 14.3. The second kappa shape index (κ2) is 5.47. The molecule has 0 aromatic heterocycles. The van der Waals surface area contributed by atoms with E-state index in [4.69, 9.17) is 0 Å². The normalized spacial score (nSPS) is 33.2. The highest BCUT2D eigenvalue weighted by Crippen LogP contribution is 2.66. The van der Waals surface area contributed by atoms with Crippen LogP contribution in [-0.2, 0) is 6.18 Å². The van der Waals surface area contributed by atoms with Gasteiger partial charge in [-0.05, 0) is 35.8 Å². The van der Waals surface area contributed by atoms with Gasteiger partial charge in [-0.2, -0.15) is 13.2 Å². The third kappa shape index (κ3) is 2.79. The summed E-state index contributed by atoms with van der Waals surface area (Å²) in [5, 5.41) is 25.5. The van der Waals surface area contributed by atoms with Crippen molar-refractivity contribution in [2.24, 2.45) is 22.4 Å². The molecule has 0 aliphatic heterocycles. The molecule has 0 saturated heterocycles. The Labute approximate surface area is 144 Å². The number of benzene rings is 1. The fraction of sp³-hybridized carbons (Fsp3) is 0.556. The maximum Gasteiger partial charge on any atom is 0.417 e. The van der Waals surface area contributed by atoms with Gasteiger partial charge in [0, 0.05) is 13.3 Å². The maximum atomic E-state index is 13.1. The lowest BCUT2D eigenvalue weighted by Gasteiger charge is -2.32. The van der Waals surface area contributed by atoms with Crippen LogP contribution in [0, 0.1) is 22.5 Å². The highest BCUT2D eigenvalue weighted by atomic mass is 19.4. The molecule has 2 aliphatic rings. The number of halogens is 3. The Kier molecular flexibility index (Phi) is 3.89. The molecule has 3 rings (SSSR count). The lowest BCUT2D eigenvalue weighted by molar-refractivity contribution is -0.521. The fourth-order valence-corrected chi connectivity index (χ4v) is 4.14. The van der Waals surface area contributed by atoms with Gasteiger partial charge in [0.25, 0.3) is 0 Å². The first-order valence-corrected chi connectivity index (χ1v) is 8.21. The molecule has 25 heavy (non-hydrogen) atoms. The molecule has 2 fully saturated rings. The van der Waals surface area contributed by atoms with Crippen LogP contribution in [0.5, 0.6) is 0 Å². The Balaban J connectivity index is 2.00. The number of hydrogen-bond donors (Lipinski definition) is 1. The minimum Gasteiger partial charge on any atom is -0.623 e. The summed E-state index contributed by atoms with van der Waals surface area (Å²) in [6, 6.07) is 4.96. The molecule has 3 unspecified atom stereocenters. The number of hydrogen-bond acceptors (Lipinski definition) is 3. The van der Waals surface area contributed by atoms with Gasteiger partial charge in [-0.15, -0.1) is 0 Å². The van der Waals surface area contributed by atoms with Crippen LogP contribution in [0.1, 0.15) is 44.7 Å². The molecule has 0 spiro atoms. The van der Waals surface area contributed by atoms with Gasteiger partial charge < -0.3 is 10.4 Å². The van der Waals surface area contributed by atoms with Crippen molar-refractivity contribution >= 4 is 11.9 Å². The summed E-state index contributed by atoms with van der Waals surface area (Å²) in [6.45, 7) is 5.83. The number of rotatable bonds is 2. The minimum atomic E-state index is -4.54. The van der Waals surface area contributed by atoms with Crippen LogP contribution in [0.2, 0.25) is 0 Å². The number of fused-ring (bicyclic) bond motifs is 1. The van der Waals surface area contributed by atoms with Crippen molar-refractivity contribution in [1.29, 1.82) is 0 Å². The third-order valence-electron chi connectivity index (χ3n) is 6.07. The first-order chi connectivity index (χ1) is 11.5. The third-order valence-corrected chi connectivity index (χ3v) is 6.07. The summed E-state index contributed by atoms with van der Waals surface area (Å²) in [7, 11) is 0. The number of hydroxylamine groups is 1. The van der Waals surface area contributed by atoms with Gasteiger partial charge in [-0.3, -0.25) is 0 Å². The molecule has 0 heterocycles. The average molecular weight is 354 g/mol.